The van der Waals surface area contributed by atoms with E-state index < -0.39 is 0 Å². The van der Waals surface area contributed by atoms with Crippen LogP contribution in [0, 0.1) is 6.92 Å². The zero-order valence-electron chi connectivity index (χ0n) is 18.4. The monoisotopic (exact) mass is 553 g/mol. The lowest BCUT2D eigenvalue weighted by molar-refractivity contribution is 0.222. The van der Waals surface area contributed by atoms with Crippen molar-refractivity contribution in [2.24, 2.45) is 4.99 Å². The molecule has 0 atom stereocenters. The lowest BCUT2D eigenvalue weighted by Gasteiger charge is -2.17. The van der Waals surface area contributed by atoms with Gasteiger partial charge < -0.3 is 20.9 Å². The van der Waals surface area contributed by atoms with Crippen LogP contribution in [-0.2, 0) is 13.1 Å². The van der Waals surface area contributed by atoms with E-state index in [4.69, 9.17) is 0 Å². The van der Waals surface area contributed by atoms with E-state index >= 15 is 0 Å². The predicted molar refractivity (Wildman–Crippen MR) is 142 cm³/mol. The summed E-state index contributed by atoms with van der Waals surface area (Å²) in [7, 11) is 1.77. The molecule has 1 aliphatic heterocycles. The molecule has 0 aliphatic carbocycles. The van der Waals surface area contributed by atoms with Gasteiger partial charge in [0, 0.05) is 43.8 Å². The molecule has 2 aromatic carbocycles. The Balaban J connectivity index is 0.00000341. The molecule has 1 saturated heterocycles. The third-order valence-corrected chi connectivity index (χ3v) is 5.96. The summed E-state index contributed by atoms with van der Waals surface area (Å²) in [5.41, 5.74) is 4.42. The van der Waals surface area contributed by atoms with Gasteiger partial charge >= 0.3 is 6.03 Å². The number of thioether (sulfide) groups is 1. The largest absolute Gasteiger partial charge is 0.352 e. The minimum atomic E-state index is -0.0159. The number of likely N-dealkylation sites (tertiary alicyclic amines) is 1. The Morgan fingerprint density at radius 2 is 1.84 bits per heavy atom. The molecule has 1 fully saturated rings. The molecule has 168 valence electrons. The Morgan fingerprint density at radius 3 is 2.55 bits per heavy atom. The summed E-state index contributed by atoms with van der Waals surface area (Å²) in [6.45, 7) is 5.13. The maximum Gasteiger partial charge on any atom is 0.321 e. The standard InChI is InChI=1S/C23H31N5OS.HI/c1-17-9-10-19(21(13-17)30-3)16-26-22(24-2)25-15-18-7-6-8-20(14-18)27-23(29)28-11-4-5-12-28;/h6-10,13-14H,4-5,11-12,15-16H2,1-3H3,(H,27,29)(H2,24,25,26);1H. The zero-order valence-corrected chi connectivity index (χ0v) is 21.6. The highest BCUT2D eigenvalue weighted by molar-refractivity contribution is 14.0. The van der Waals surface area contributed by atoms with E-state index in [1.807, 2.05) is 29.2 Å². The van der Waals surface area contributed by atoms with E-state index in [9.17, 15) is 4.79 Å². The second-order valence-corrected chi connectivity index (χ2v) is 8.27. The molecule has 0 saturated carbocycles. The number of urea groups is 1. The van der Waals surface area contributed by atoms with Gasteiger partial charge in [0.15, 0.2) is 5.96 Å². The second kappa shape index (κ2) is 12.8. The molecule has 0 unspecified atom stereocenters. The fourth-order valence-corrected chi connectivity index (χ4v) is 4.17. The lowest BCUT2D eigenvalue weighted by Crippen LogP contribution is -2.36. The topological polar surface area (TPSA) is 68.8 Å². The van der Waals surface area contributed by atoms with Crippen LogP contribution in [0.15, 0.2) is 52.4 Å². The number of halogens is 1. The van der Waals surface area contributed by atoms with Gasteiger partial charge in [0.05, 0.1) is 0 Å². The fraction of sp³-hybridized carbons (Fsp3) is 0.391. The number of hydrogen-bond acceptors (Lipinski definition) is 3. The van der Waals surface area contributed by atoms with Gasteiger partial charge in [-0.2, -0.15) is 0 Å². The number of anilines is 1. The van der Waals surface area contributed by atoms with Crippen LogP contribution in [0.2, 0.25) is 0 Å². The third kappa shape index (κ3) is 7.60. The van der Waals surface area contributed by atoms with Gasteiger partial charge in [-0.05, 0) is 60.9 Å². The molecule has 6 nitrogen and oxygen atoms in total. The smallest absolute Gasteiger partial charge is 0.321 e. The normalized spacial score (nSPS) is 13.5. The van der Waals surface area contributed by atoms with Crippen LogP contribution >= 0.6 is 35.7 Å². The Kier molecular flexibility index (Phi) is 10.5. The number of carbonyl (C=O) groups excluding carboxylic acids is 1. The quantitative estimate of drug-likeness (QED) is 0.208. The van der Waals surface area contributed by atoms with E-state index in [1.54, 1.807) is 18.8 Å². The Labute approximate surface area is 206 Å². The molecule has 3 rings (SSSR count). The molecular weight excluding hydrogens is 521 g/mol. The summed E-state index contributed by atoms with van der Waals surface area (Å²) in [4.78, 5) is 19.8. The first kappa shape index (κ1) is 25.3. The molecule has 1 heterocycles. The number of aliphatic imine (C=N–C) groups is 1. The maximum absolute atomic E-state index is 12.3. The van der Waals surface area contributed by atoms with Crippen LogP contribution in [-0.4, -0.2) is 43.3 Å². The number of nitrogens with zero attached hydrogens (tertiary/aromatic N) is 2. The van der Waals surface area contributed by atoms with Crippen molar-refractivity contribution in [2.45, 2.75) is 37.8 Å². The molecule has 0 bridgehead atoms. The van der Waals surface area contributed by atoms with Gasteiger partial charge in [-0.3, -0.25) is 4.99 Å². The van der Waals surface area contributed by atoms with Gasteiger partial charge in [-0.1, -0.05) is 24.3 Å². The van der Waals surface area contributed by atoms with E-state index in [0.29, 0.717) is 13.1 Å². The number of carbonyl (C=O) groups is 1. The van der Waals surface area contributed by atoms with Crippen molar-refractivity contribution < 1.29 is 4.79 Å². The van der Waals surface area contributed by atoms with Crippen LogP contribution in [0.3, 0.4) is 0 Å². The summed E-state index contributed by atoms with van der Waals surface area (Å²) >= 11 is 1.76. The molecule has 8 heteroatoms. The Morgan fingerprint density at radius 1 is 1.10 bits per heavy atom. The first-order chi connectivity index (χ1) is 14.6. The molecule has 2 aromatic rings. The van der Waals surface area contributed by atoms with Crippen LogP contribution in [0.1, 0.15) is 29.5 Å². The average Bonchev–Trinajstić information content (AvgIpc) is 3.30. The molecule has 2 amide bonds. The number of guanidine groups is 1. The molecule has 0 radical (unpaired) electrons. The molecule has 0 spiro atoms. The van der Waals surface area contributed by atoms with Crippen LogP contribution in [0.25, 0.3) is 0 Å². The number of hydrogen-bond donors (Lipinski definition) is 3. The molecule has 1 aliphatic rings. The minimum absolute atomic E-state index is 0. The summed E-state index contributed by atoms with van der Waals surface area (Å²) in [6.07, 6.45) is 4.27. The van der Waals surface area contributed by atoms with Gasteiger partial charge in [0.25, 0.3) is 0 Å². The number of rotatable bonds is 6. The Bertz CT molecular complexity index is 899. The summed E-state index contributed by atoms with van der Waals surface area (Å²) < 4.78 is 0. The average molecular weight is 554 g/mol. The van der Waals surface area contributed by atoms with E-state index in [0.717, 1.165) is 43.1 Å². The summed E-state index contributed by atoms with van der Waals surface area (Å²) in [6, 6.07) is 14.4. The van der Waals surface area contributed by atoms with Crippen molar-refractivity contribution in [3.8, 4) is 0 Å². The van der Waals surface area contributed by atoms with Crippen LogP contribution < -0.4 is 16.0 Å². The third-order valence-electron chi connectivity index (χ3n) is 5.14. The predicted octanol–water partition coefficient (Wildman–Crippen LogP) is 4.83. The molecule has 31 heavy (non-hydrogen) atoms. The fourth-order valence-electron chi connectivity index (χ4n) is 3.46. The highest BCUT2D eigenvalue weighted by Crippen LogP contribution is 2.21. The SMILES string of the molecule is CN=C(NCc1cccc(NC(=O)N2CCCC2)c1)NCc1ccc(C)cc1SC.I. The highest BCUT2D eigenvalue weighted by Gasteiger charge is 2.17. The van der Waals surface area contributed by atoms with Crippen molar-refractivity contribution in [1.82, 2.24) is 15.5 Å². The van der Waals surface area contributed by atoms with Crippen LogP contribution in [0.4, 0.5) is 10.5 Å². The number of benzene rings is 2. The first-order valence-corrected chi connectivity index (χ1v) is 11.5. The van der Waals surface area contributed by atoms with Crippen molar-refractivity contribution in [2.75, 3.05) is 31.7 Å². The molecular formula is C23H32IN5OS. The van der Waals surface area contributed by atoms with Crippen molar-refractivity contribution >= 4 is 53.4 Å². The number of nitrogens with one attached hydrogen (secondary N) is 3. The molecule has 3 N–H and O–H groups in total. The maximum atomic E-state index is 12.3. The second-order valence-electron chi connectivity index (χ2n) is 7.42. The lowest BCUT2D eigenvalue weighted by atomic mass is 10.1. The highest BCUT2D eigenvalue weighted by atomic mass is 127. The summed E-state index contributed by atoms with van der Waals surface area (Å²) in [5.74, 6) is 0.745. The van der Waals surface area contributed by atoms with Gasteiger partial charge in [-0.15, -0.1) is 35.7 Å². The zero-order chi connectivity index (χ0) is 21.3. The number of amides is 2. The first-order valence-electron chi connectivity index (χ1n) is 10.3. The van der Waals surface area contributed by atoms with Crippen molar-refractivity contribution in [3.63, 3.8) is 0 Å². The van der Waals surface area contributed by atoms with Crippen molar-refractivity contribution in [3.05, 3.63) is 59.2 Å². The van der Waals surface area contributed by atoms with Gasteiger partial charge in [-0.25, -0.2) is 4.79 Å². The van der Waals surface area contributed by atoms with E-state index in [2.05, 4.69) is 52.3 Å². The molecule has 0 aromatic heterocycles. The summed E-state index contributed by atoms with van der Waals surface area (Å²) in [5, 5.41) is 9.73. The van der Waals surface area contributed by atoms with E-state index in [1.165, 1.54) is 16.0 Å². The Hall–Kier alpha value is -1.94. The van der Waals surface area contributed by atoms with Gasteiger partial charge in [0.1, 0.15) is 0 Å². The van der Waals surface area contributed by atoms with Gasteiger partial charge in [0.2, 0.25) is 0 Å². The van der Waals surface area contributed by atoms with E-state index in [-0.39, 0.29) is 30.0 Å². The van der Waals surface area contributed by atoms with Crippen LogP contribution in [0.5, 0.6) is 0 Å². The number of aryl methyl sites for hydroxylation is 1. The van der Waals surface area contributed by atoms with Crippen molar-refractivity contribution in [1.29, 1.82) is 0 Å². The minimum Gasteiger partial charge on any atom is -0.352 e.